The Kier molecular flexibility index (Phi) is 3.96. The molecule has 1 atom stereocenters. The highest BCUT2D eigenvalue weighted by molar-refractivity contribution is 5.52. The Morgan fingerprint density at radius 1 is 1.22 bits per heavy atom. The quantitative estimate of drug-likeness (QED) is 0.602. The largest absolute Gasteiger partial charge is 0.508 e. The Labute approximate surface area is 133 Å². The maximum atomic E-state index is 14.4. The zero-order valence-corrected chi connectivity index (χ0v) is 12.5. The van der Waals surface area contributed by atoms with Gasteiger partial charge in [-0.1, -0.05) is 18.2 Å². The molecule has 0 fully saturated rings. The third-order valence-electron chi connectivity index (χ3n) is 4.24. The summed E-state index contributed by atoms with van der Waals surface area (Å²) in [6, 6.07) is 8.15. The highest BCUT2D eigenvalue weighted by Gasteiger charge is 2.30. The summed E-state index contributed by atoms with van der Waals surface area (Å²) < 4.78 is 14.4. The van der Waals surface area contributed by atoms with Crippen LogP contribution in [-0.2, 0) is 6.54 Å². The van der Waals surface area contributed by atoms with Gasteiger partial charge in [-0.05, 0) is 29.3 Å². The first-order valence-corrected chi connectivity index (χ1v) is 7.36. The maximum absolute atomic E-state index is 14.4. The first kappa shape index (κ1) is 15.4. The van der Waals surface area contributed by atoms with Gasteiger partial charge in [0.2, 0.25) is 0 Å². The van der Waals surface area contributed by atoms with Crippen molar-refractivity contribution in [1.82, 2.24) is 4.90 Å². The molecule has 0 radical (unpaired) electrons. The van der Waals surface area contributed by atoms with Gasteiger partial charge in [-0.15, -0.1) is 6.58 Å². The second-order valence-electron chi connectivity index (χ2n) is 5.75. The van der Waals surface area contributed by atoms with Crippen LogP contribution in [0.3, 0.4) is 0 Å². The van der Waals surface area contributed by atoms with Crippen molar-refractivity contribution in [3.63, 3.8) is 0 Å². The van der Waals surface area contributed by atoms with Gasteiger partial charge >= 0.3 is 0 Å². The van der Waals surface area contributed by atoms with Crippen molar-refractivity contribution in [1.29, 1.82) is 0 Å². The minimum absolute atomic E-state index is 0.160. The van der Waals surface area contributed by atoms with Gasteiger partial charge in [0.1, 0.15) is 5.75 Å². The standard InChI is InChI=1S/C18H18FNO3/c1-2-7-20-9-14(11-3-5-12(21)6-4-11)13-8-16(22)18(23)17(19)15(13)10-20/h2-6,8,14,21-23H,1,7,9-10H2. The fourth-order valence-corrected chi connectivity index (χ4v) is 3.11. The molecule has 120 valence electrons. The molecule has 0 bridgehead atoms. The first-order chi connectivity index (χ1) is 11.0. The molecule has 0 saturated heterocycles. The lowest BCUT2D eigenvalue weighted by atomic mass is 9.84. The predicted molar refractivity (Wildman–Crippen MR) is 85.2 cm³/mol. The molecule has 3 N–H and O–H groups in total. The van der Waals surface area contributed by atoms with Gasteiger partial charge in [0.25, 0.3) is 0 Å². The minimum Gasteiger partial charge on any atom is -0.508 e. The van der Waals surface area contributed by atoms with Crippen molar-refractivity contribution < 1.29 is 19.7 Å². The van der Waals surface area contributed by atoms with Gasteiger partial charge in [0, 0.05) is 31.1 Å². The number of hydrogen-bond acceptors (Lipinski definition) is 4. The molecule has 5 heteroatoms. The summed E-state index contributed by atoms with van der Waals surface area (Å²) in [6.07, 6.45) is 1.75. The molecule has 2 aromatic rings. The summed E-state index contributed by atoms with van der Waals surface area (Å²) in [4.78, 5) is 2.02. The highest BCUT2D eigenvalue weighted by atomic mass is 19.1. The van der Waals surface area contributed by atoms with E-state index < -0.39 is 17.3 Å². The van der Waals surface area contributed by atoms with Crippen LogP contribution in [0.1, 0.15) is 22.6 Å². The molecule has 1 heterocycles. The molecule has 3 rings (SSSR count). The van der Waals surface area contributed by atoms with Gasteiger partial charge in [0.15, 0.2) is 17.3 Å². The van der Waals surface area contributed by atoms with Crippen LogP contribution >= 0.6 is 0 Å². The molecule has 2 aromatic carbocycles. The number of aromatic hydroxyl groups is 3. The molecular formula is C18H18FNO3. The van der Waals surface area contributed by atoms with E-state index in [0.717, 1.165) is 5.56 Å². The van der Waals surface area contributed by atoms with Crippen molar-refractivity contribution in [2.75, 3.05) is 13.1 Å². The van der Waals surface area contributed by atoms with Crippen molar-refractivity contribution in [2.24, 2.45) is 0 Å². The summed E-state index contributed by atoms with van der Waals surface area (Å²) in [6.45, 7) is 5.28. The van der Waals surface area contributed by atoms with Crippen molar-refractivity contribution >= 4 is 0 Å². The number of hydrogen-bond donors (Lipinski definition) is 3. The number of halogens is 1. The van der Waals surface area contributed by atoms with Gasteiger partial charge in [0.05, 0.1) is 0 Å². The summed E-state index contributed by atoms with van der Waals surface area (Å²) in [7, 11) is 0. The van der Waals surface area contributed by atoms with Crippen LogP contribution in [0, 0.1) is 5.82 Å². The van der Waals surface area contributed by atoms with Crippen molar-refractivity contribution in [2.45, 2.75) is 12.5 Å². The molecule has 1 aliphatic heterocycles. The van der Waals surface area contributed by atoms with Gasteiger partial charge in [-0.25, -0.2) is 4.39 Å². The second kappa shape index (κ2) is 5.93. The van der Waals surface area contributed by atoms with Crippen LogP contribution in [0.25, 0.3) is 0 Å². The molecule has 0 aromatic heterocycles. The van der Waals surface area contributed by atoms with E-state index in [2.05, 4.69) is 6.58 Å². The number of fused-ring (bicyclic) bond motifs is 1. The number of nitrogens with zero attached hydrogens (tertiary/aromatic N) is 1. The lowest BCUT2D eigenvalue weighted by Crippen LogP contribution is -2.34. The van der Waals surface area contributed by atoms with Crippen LogP contribution in [0.2, 0.25) is 0 Å². The molecule has 1 aliphatic rings. The zero-order chi connectivity index (χ0) is 16.6. The van der Waals surface area contributed by atoms with Crippen LogP contribution in [-0.4, -0.2) is 33.3 Å². The maximum Gasteiger partial charge on any atom is 0.194 e. The topological polar surface area (TPSA) is 63.9 Å². The third kappa shape index (κ3) is 2.75. The van der Waals surface area contributed by atoms with E-state index >= 15 is 0 Å². The highest BCUT2D eigenvalue weighted by Crippen LogP contribution is 2.41. The van der Waals surface area contributed by atoms with E-state index in [-0.39, 0.29) is 11.7 Å². The molecule has 23 heavy (non-hydrogen) atoms. The average Bonchev–Trinajstić information content (AvgIpc) is 2.54. The first-order valence-electron chi connectivity index (χ1n) is 7.36. The Balaban J connectivity index is 2.13. The molecule has 1 unspecified atom stereocenters. The van der Waals surface area contributed by atoms with E-state index in [1.165, 1.54) is 6.07 Å². The van der Waals surface area contributed by atoms with E-state index in [1.54, 1.807) is 30.3 Å². The van der Waals surface area contributed by atoms with Crippen molar-refractivity contribution in [3.05, 3.63) is 65.5 Å². The average molecular weight is 315 g/mol. The molecule has 0 spiro atoms. The number of phenolic OH excluding ortho intramolecular Hbond substituents is 3. The summed E-state index contributed by atoms with van der Waals surface area (Å²) in [5, 5.41) is 28.9. The molecular weight excluding hydrogens is 297 g/mol. The molecule has 4 nitrogen and oxygen atoms in total. The minimum atomic E-state index is -0.780. The van der Waals surface area contributed by atoms with Crippen LogP contribution in [0.4, 0.5) is 4.39 Å². The van der Waals surface area contributed by atoms with E-state index in [1.807, 2.05) is 4.90 Å². The Morgan fingerprint density at radius 3 is 2.57 bits per heavy atom. The third-order valence-corrected chi connectivity index (χ3v) is 4.24. The number of benzene rings is 2. The zero-order valence-electron chi connectivity index (χ0n) is 12.5. The Hall–Kier alpha value is -2.53. The molecule has 0 aliphatic carbocycles. The van der Waals surface area contributed by atoms with Crippen LogP contribution in [0.15, 0.2) is 43.0 Å². The molecule has 0 saturated carbocycles. The normalized spacial score (nSPS) is 17.7. The number of rotatable bonds is 3. The van der Waals surface area contributed by atoms with Crippen molar-refractivity contribution in [3.8, 4) is 17.2 Å². The SMILES string of the molecule is C=CCN1Cc2c(cc(O)c(O)c2F)C(c2ccc(O)cc2)C1. The van der Waals surface area contributed by atoms with Gasteiger partial charge in [-0.3, -0.25) is 4.90 Å². The van der Waals surface area contributed by atoms with Gasteiger partial charge < -0.3 is 15.3 Å². The molecule has 0 amide bonds. The smallest absolute Gasteiger partial charge is 0.194 e. The van der Waals surface area contributed by atoms with E-state index in [9.17, 15) is 19.7 Å². The summed E-state index contributed by atoms with van der Waals surface area (Å²) >= 11 is 0. The van der Waals surface area contributed by atoms with E-state index in [4.69, 9.17) is 0 Å². The van der Waals surface area contributed by atoms with Crippen LogP contribution in [0.5, 0.6) is 17.2 Å². The Bertz CT molecular complexity index is 743. The predicted octanol–water partition coefficient (Wildman–Crippen LogP) is 3.08. The lowest BCUT2D eigenvalue weighted by Gasteiger charge is -2.35. The fourth-order valence-electron chi connectivity index (χ4n) is 3.11. The monoisotopic (exact) mass is 315 g/mol. The van der Waals surface area contributed by atoms with Crippen LogP contribution < -0.4 is 0 Å². The Morgan fingerprint density at radius 2 is 1.91 bits per heavy atom. The fraction of sp³-hybridized carbons (Fsp3) is 0.222. The van der Waals surface area contributed by atoms with E-state index in [0.29, 0.717) is 30.8 Å². The van der Waals surface area contributed by atoms with Gasteiger partial charge in [-0.2, -0.15) is 0 Å². The number of phenols is 3. The second-order valence-corrected chi connectivity index (χ2v) is 5.75. The summed E-state index contributed by atoms with van der Waals surface area (Å²) in [5.74, 6) is -1.96. The summed E-state index contributed by atoms with van der Waals surface area (Å²) in [5.41, 5.74) is 1.94. The lowest BCUT2D eigenvalue weighted by molar-refractivity contribution is 0.257.